The van der Waals surface area contributed by atoms with E-state index in [0.29, 0.717) is 16.6 Å². The van der Waals surface area contributed by atoms with E-state index in [9.17, 15) is 22.8 Å². The Morgan fingerprint density at radius 1 is 1.06 bits per heavy atom. The van der Waals surface area contributed by atoms with Gasteiger partial charge in [0.05, 0.1) is 6.26 Å². The lowest BCUT2D eigenvalue weighted by molar-refractivity contribution is -0.120. The van der Waals surface area contributed by atoms with Crippen molar-refractivity contribution in [1.29, 1.82) is 0 Å². The fourth-order valence-electron chi connectivity index (χ4n) is 3.68. The van der Waals surface area contributed by atoms with Gasteiger partial charge in [-0.2, -0.15) is 0 Å². The average Bonchev–Trinajstić information content (AvgIpc) is 3.21. The van der Waals surface area contributed by atoms with Crippen LogP contribution < -0.4 is 15.4 Å². The maximum atomic E-state index is 13.6. The van der Waals surface area contributed by atoms with Gasteiger partial charge in [0.1, 0.15) is 12.2 Å². The first-order chi connectivity index (χ1) is 16.6. The third-order valence-corrected chi connectivity index (χ3v) is 5.71. The Kier molecular flexibility index (Phi) is 6.34. The zero-order chi connectivity index (χ0) is 25.2. The van der Waals surface area contributed by atoms with E-state index < -0.39 is 34.2 Å². The van der Waals surface area contributed by atoms with Crippen LogP contribution in [0.5, 0.6) is 0 Å². The monoisotopic (exact) mass is 491 g/mol. The van der Waals surface area contributed by atoms with Crippen molar-refractivity contribution in [2.24, 2.45) is 5.73 Å². The molecule has 0 aliphatic rings. The Hall–Kier alpha value is -4.51. The van der Waals surface area contributed by atoms with Gasteiger partial charge in [-0.25, -0.2) is 8.42 Å². The predicted octanol–water partition coefficient (Wildman–Crippen LogP) is 2.07. The highest BCUT2D eigenvalue weighted by Gasteiger charge is 2.30. The maximum absolute atomic E-state index is 13.6. The molecule has 1 aromatic carbocycles. The fraction of sp³-hybridized carbons (Fsp3) is 0.0833. The SMILES string of the molecule is CS(=O)(=O)Nc1ccc(N(CC(N)=O)C(=O)C(=O)c2c(-c3cccnc3)cc3ccccn23)cc1. The van der Waals surface area contributed by atoms with Crippen LogP contribution in [0.15, 0.2) is 79.3 Å². The second kappa shape index (κ2) is 9.39. The number of sulfonamides is 1. The van der Waals surface area contributed by atoms with Crippen LogP contribution in [0.4, 0.5) is 11.4 Å². The number of benzene rings is 1. The second-order valence-corrected chi connectivity index (χ2v) is 9.50. The number of hydrogen-bond donors (Lipinski definition) is 2. The van der Waals surface area contributed by atoms with Gasteiger partial charge in [0.2, 0.25) is 15.9 Å². The topological polar surface area (TPSA) is 144 Å². The standard InChI is InChI=1S/C24H21N5O5S/c1-35(33,34)27-17-7-9-18(10-8-17)29(15-21(25)30)24(32)23(31)22-20(16-5-4-11-26-14-16)13-19-6-2-3-12-28(19)22/h2-14,27H,15H2,1H3,(H2,25,30). The molecule has 0 aliphatic heterocycles. The Morgan fingerprint density at radius 2 is 1.80 bits per heavy atom. The first kappa shape index (κ1) is 23.6. The molecule has 0 saturated heterocycles. The molecule has 35 heavy (non-hydrogen) atoms. The van der Waals surface area contributed by atoms with Gasteiger partial charge in [-0.1, -0.05) is 12.1 Å². The van der Waals surface area contributed by atoms with Gasteiger partial charge in [0.15, 0.2) is 0 Å². The summed E-state index contributed by atoms with van der Waals surface area (Å²) in [5, 5.41) is 0. The molecular formula is C24H21N5O5S. The van der Waals surface area contributed by atoms with Crippen LogP contribution >= 0.6 is 0 Å². The minimum atomic E-state index is -3.51. The summed E-state index contributed by atoms with van der Waals surface area (Å²) in [4.78, 5) is 43.9. The zero-order valence-corrected chi connectivity index (χ0v) is 19.4. The van der Waals surface area contributed by atoms with Gasteiger partial charge in [0, 0.05) is 46.6 Å². The van der Waals surface area contributed by atoms with E-state index in [2.05, 4.69) is 9.71 Å². The molecular weight excluding hydrogens is 470 g/mol. The average molecular weight is 492 g/mol. The van der Waals surface area contributed by atoms with Crippen LogP contribution in [0.2, 0.25) is 0 Å². The van der Waals surface area contributed by atoms with Crippen LogP contribution in [0.1, 0.15) is 10.5 Å². The predicted molar refractivity (Wildman–Crippen MR) is 131 cm³/mol. The smallest absolute Gasteiger partial charge is 0.301 e. The number of primary amides is 1. The van der Waals surface area contributed by atoms with Crippen molar-refractivity contribution in [2.75, 3.05) is 22.4 Å². The van der Waals surface area contributed by atoms with E-state index in [0.717, 1.165) is 11.2 Å². The van der Waals surface area contributed by atoms with E-state index in [1.165, 1.54) is 24.3 Å². The number of nitrogens with zero attached hydrogens (tertiary/aromatic N) is 3. The van der Waals surface area contributed by atoms with Gasteiger partial charge < -0.3 is 10.1 Å². The van der Waals surface area contributed by atoms with Crippen molar-refractivity contribution in [1.82, 2.24) is 9.38 Å². The summed E-state index contributed by atoms with van der Waals surface area (Å²) in [5.41, 5.74) is 7.78. The van der Waals surface area contributed by atoms with Crippen LogP contribution in [0.3, 0.4) is 0 Å². The molecule has 0 radical (unpaired) electrons. The molecule has 3 heterocycles. The second-order valence-electron chi connectivity index (χ2n) is 7.75. The van der Waals surface area contributed by atoms with Crippen molar-refractivity contribution in [2.45, 2.75) is 0 Å². The van der Waals surface area contributed by atoms with Crippen molar-refractivity contribution in [3.63, 3.8) is 0 Å². The number of amides is 2. The molecule has 0 atom stereocenters. The number of nitrogens with two attached hydrogens (primary N) is 1. The van der Waals surface area contributed by atoms with Gasteiger partial charge >= 0.3 is 5.91 Å². The molecule has 0 unspecified atom stereocenters. The van der Waals surface area contributed by atoms with Gasteiger partial charge in [-0.15, -0.1) is 0 Å². The number of fused-ring (bicyclic) bond motifs is 1. The number of carbonyl (C=O) groups excluding carboxylic acids is 3. The van der Waals surface area contributed by atoms with Crippen molar-refractivity contribution in [3.05, 3.63) is 84.9 Å². The third-order valence-electron chi connectivity index (χ3n) is 5.10. The van der Waals surface area contributed by atoms with E-state index in [4.69, 9.17) is 5.73 Å². The molecule has 3 aromatic heterocycles. The number of ketones is 1. The van der Waals surface area contributed by atoms with E-state index in [1.807, 2.05) is 6.07 Å². The lowest BCUT2D eigenvalue weighted by atomic mass is 10.0. The molecule has 4 rings (SSSR count). The Morgan fingerprint density at radius 3 is 2.43 bits per heavy atom. The number of Topliss-reactive ketones (excluding diaryl/α,β-unsaturated/α-hetero) is 1. The third kappa shape index (κ3) is 5.20. The number of pyridine rings is 2. The van der Waals surface area contributed by atoms with Crippen molar-refractivity contribution >= 4 is 44.5 Å². The van der Waals surface area contributed by atoms with Gasteiger partial charge in [0.25, 0.3) is 5.78 Å². The van der Waals surface area contributed by atoms with Crippen molar-refractivity contribution < 1.29 is 22.8 Å². The minimum absolute atomic E-state index is 0.114. The highest BCUT2D eigenvalue weighted by atomic mass is 32.2. The van der Waals surface area contributed by atoms with Crippen LogP contribution in [-0.2, 0) is 19.6 Å². The highest BCUT2D eigenvalue weighted by molar-refractivity contribution is 7.92. The highest BCUT2D eigenvalue weighted by Crippen LogP contribution is 2.29. The summed E-state index contributed by atoms with van der Waals surface area (Å²) < 4.78 is 26.8. The van der Waals surface area contributed by atoms with Crippen LogP contribution in [0, 0.1) is 0 Å². The summed E-state index contributed by atoms with van der Waals surface area (Å²) in [6.07, 6.45) is 5.86. The zero-order valence-electron chi connectivity index (χ0n) is 18.6. The normalized spacial score (nSPS) is 11.2. The number of anilines is 2. The summed E-state index contributed by atoms with van der Waals surface area (Å²) in [6.45, 7) is -0.547. The summed E-state index contributed by atoms with van der Waals surface area (Å²) in [7, 11) is -3.51. The Bertz CT molecular complexity index is 1530. The largest absolute Gasteiger partial charge is 0.368 e. The molecule has 0 aliphatic carbocycles. The number of nitrogens with one attached hydrogen (secondary N) is 1. The van der Waals surface area contributed by atoms with Gasteiger partial charge in [-0.05, 0) is 48.5 Å². The summed E-state index contributed by atoms with van der Waals surface area (Å²) >= 11 is 0. The van der Waals surface area contributed by atoms with Crippen LogP contribution in [-0.4, -0.2) is 48.2 Å². The lowest BCUT2D eigenvalue weighted by Gasteiger charge is -2.21. The molecule has 0 saturated carbocycles. The molecule has 2 amide bonds. The maximum Gasteiger partial charge on any atom is 0.301 e. The lowest BCUT2D eigenvalue weighted by Crippen LogP contribution is -2.42. The fourth-order valence-corrected chi connectivity index (χ4v) is 4.25. The number of carbonyl (C=O) groups is 3. The van der Waals surface area contributed by atoms with Crippen LogP contribution in [0.25, 0.3) is 16.6 Å². The molecule has 11 heteroatoms. The van der Waals surface area contributed by atoms with E-state index in [1.54, 1.807) is 53.3 Å². The molecule has 10 nitrogen and oxygen atoms in total. The van der Waals surface area contributed by atoms with Crippen molar-refractivity contribution in [3.8, 4) is 11.1 Å². The minimum Gasteiger partial charge on any atom is -0.368 e. The van der Waals surface area contributed by atoms with E-state index in [-0.39, 0.29) is 17.1 Å². The first-order valence-electron chi connectivity index (χ1n) is 10.4. The molecule has 4 aromatic rings. The van der Waals surface area contributed by atoms with Gasteiger partial charge in [-0.3, -0.25) is 29.0 Å². The number of hydrogen-bond acceptors (Lipinski definition) is 6. The number of rotatable bonds is 8. The molecule has 0 bridgehead atoms. The molecule has 0 fully saturated rings. The molecule has 3 N–H and O–H groups in total. The molecule has 178 valence electrons. The Labute approximate surface area is 201 Å². The Balaban J connectivity index is 1.76. The van der Waals surface area contributed by atoms with E-state index >= 15 is 0 Å². The first-order valence-corrected chi connectivity index (χ1v) is 12.3. The molecule has 0 spiro atoms. The number of aromatic nitrogens is 2. The summed E-state index contributed by atoms with van der Waals surface area (Å²) in [5.74, 6) is -2.65. The quantitative estimate of drug-likeness (QED) is 0.285. The summed E-state index contributed by atoms with van der Waals surface area (Å²) in [6, 6.07) is 16.3.